The Morgan fingerprint density at radius 2 is 1.25 bits per heavy atom. The van der Waals surface area contributed by atoms with Gasteiger partial charge in [0, 0.05) is 18.6 Å². The van der Waals surface area contributed by atoms with Gasteiger partial charge in [-0.1, -0.05) is 20.8 Å². The lowest BCUT2D eigenvalue weighted by Gasteiger charge is -2.48. The minimum atomic E-state index is -5.55. The fourth-order valence-electron chi connectivity index (χ4n) is 2.37. The van der Waals surface area contributed by atoms with Gasteiger partial charge in [-0.2, -0.15) is 26.3 Å². The van der Waals surface area contributed by atoms with E-state index in [2.05, 4.69) is 4.74 Å². The topological polar surface area (TPSA) is 18.5 Å². The lowest BCUT2D eigenvalue weighted by Crippen LogP contribution is -2.67. The number of rotatable bonds is 2. The summed E-state index contributed by atoms with van der Waals surface area (Å²) in [5, 5.41) is 0. The third-order valence-corrected chi connectivity index (χ3v) is 3.37. The van der Waals surface area contributed by atoms with E-state index in [9.17, 15) is 26.3 Å². The first-order valence-corrected chi connectivity index (χ1v) is 6.22. The van der Waals surface area contributed by atoms with Crippen molar-refractivity contribution < 1.29 is 35.8 Å². The van der Waals surface area contributed by atoms with Crippen molar-refractivity contribution in [2.75, 3.05) is 13.2 Å². The first kappa shape index (κ1) is 17.6. The van der Waals surface area contributed by atoms with Crippen molar-refractivity contribution in [3.05, 3.63) is 0 Å². The summed E-state index contributed by atoms with van der Waals surface area (Å²) in [5.41, 5.74) is -6.36. The van der Waals surface area contributed by atoms with Gasteiger partial charge in [0.05, 0.1) is 6.10 Å². The van der Waals surface area contributed by atoms with Gasteiger partial charge in [0.2, 0.25) is 0 Å². The largest absolute Gasteiger partial charge is 0.427 e. The van der Waals surface area contributed by atoms with Crippen molar-refractivity contribution in [2.24, 2.45) is 5.41 Å². The molecule has 1 heterocycles. The zero-order chi connectivity index (χ0) is 15.8. The van der Waals surface area contributed by atoms with Crippen LogP contribution in [0.3, 0.4) is 0 Å². The quantitative estimate of drug-likeness (QED) is 0.715. The van der Waals surface area contributed by atoms with Crippen molar-refractivity contribution in [3.63, 3.8) is 0 Å². The van der Waals surface area contributed by atoms with Crippen LogP contribution in [0, 0.1) is 5.41 Å². The highest BCUT2D eigenvalue weighted by atomic mass is 19.4. The Morgan fingerprint density at radius 1 is 0.850 bits per heavy atom. The summed E-state index contributed by atoms with van der Waals surface area (Å²) in [6.45, 7) is 2.84. The molecule has 0 aromatic rings. The summed E-state index contributed by atoms with van der Waals surface area (Å²) in [5.74, 6) is 0. The summed E-state index contributed by atoms with van der Waals surface area (Å²) in [6, 6.07) is 0. The number of alkyl halides is 6. The monoisotopic (exact) mass is 308 g/mol. The van der Waals surface area contributed by atoms with E-state index >= 15 is 0 Å². The normalized spacial score (nSPS) is 20.2. The van der Waals surface area contributed by atoms with Crippen LogP contribution in [0.4, 0.5) is 26.3 Å². The van der Waals surface area contributed by atoms with Crippen LogP contribution in [-0.4, -0.2) is 37.3 Å². The minimum Gasteiger partial charge on any atom is -0.381 e. The summed E-state index contributed by atoms with van der Waals surface area (Å²) >= 11 is 0. The van der Waals surface area contributed by atoms with E-state index < -0.39 is 29.5 Å². The molecule has 20 heavy (non-hydrogen) atoms. The Kier molecular flexibility index (Phi) is 4.71. The summed E-state index contributed by atoms with van der Waals surface area (Å²) in [4.78, 5) is 0. The van der Waals surface area contributed by atoms with E-state index in [0.29, 0.717) is 0 Å². The fourth-order valence-corrected chi connectivity index (χ4v) is 2.37. The van der Waals surface area contributed by atoms with Crippen LogP contribution < -0.4 is 0 Å². The van der Waals surface area contributed by atoms with Gasteiger partial charge in [0.25, 0.3) is 5.60 Å². The highest BCUT2D eigenvalue weighted by molar-refractivity contribution is 5.05. The Labute approximate surface area is 113 Å². The molecule has 1 saturated heterocycles. The molecule has 120 valence electrons. The van der Waals surface area contributed by atoms with Crippen LogP contribution in [-0.2, 0) is 9.47 Å². The molecule has 0 aromatic heterocycles. The van der Waals surface area contributed by atoms with Crippen molar-refractivity contribution in [2.45, 2.75) is 57.7 Å². The van der Waals surface area contributed by atoms with E-state index in [1.54, 1.807) is 0 Å². The molecule has 1 aliphatic heterocycles. The van der Waals surface area contributed by atoms with E-state index in [1.807, 2.05) is 0 Å². The molecule has 0 radical (unpaired) electrons. The van der Waals surface area contributed by atoms with Gasteiger partial charge >= 0.3 is 12.4 Å². The number of halogens is 6. The number of ether oxygens (including phenoxy) is 2. The predicted molar refractivity (Wildman–Crippen MR) is 59.2 cm³/mol. The smallest absolute Gasteiger partial charge is 0.381 e. The molecule has 0 N–H and O–H groups in total. The molecule has 0 spiro atoms. The molecule has 0 amide bonds. The van der Waals surface area contributed by atoms with E-state index in [1.165, 1.54) is 0 Å². The van der Waals surface area contributed by atoms with Gasteiger partial charge in [-0.05, 0) is 12.8 Å². The first-order valence-electron chi connectivity index (χ1n) is 6.22. The summed E-state index contributed by atoms with van der Waals surface area (Å²) < 4.78 is 89.0. The molecular weight excluding hydrogens is 290 g/mol. The Morgan fingerprint density at radius 3 is 1.55 bits per heavy atom. The highest BCUT2D eigenvalue weighted by Crippen LogP contribution is 2.56. The SMILES string of the molecule is CC(C)(C)C(OC1CCOCC1)(C(F)(F)F)C(F)(F)F. The van der Waals surface area contributed by atoms with E-state index in [0.717, 1.165) is 20.8 Å². The average molecular weight is 308 g/mol. The van der Waals surface area contributed by atoms with Gasteiger partial charge in [0.15, 0.2) is 0 Å². The zero-order valence-corrected chi connectivity index (χ0v) is 11.5. The van der Waals surface area contributed by atoms with Crippen molar-refractivity contribution in [1.29, 1.82) is 0 Å². The molecule has 0 bridgehead atoms. The maximum Gasteiger partial charge on any atom is 0.427 e. The third kappa shape index (κ3) is 3.05. The highest BCUT2D eigenvalue weighted by Gasteiger charge is 2.77. The van der Waals surface area contributed by atoms with Gasteiger partial charge in [-0.15, -0.1) is 0 Å². The molecule has 1 aliphatic rings. The van der Waals surface area contributed by atoms with Gasteiger partial charge < -0.3 is 9.47 Å². The zero-order valence-electron chi connectivity index (χ0n) is 11.5. The average Bonchev–Trinajstić information content (AvgIpc) is 2.22. The van der Waals surface area contributed by atoms with Gasteiger partial charge in [-0.3, -0.25) is 0 Å². The number of hydrogen-bond acceptors (Lipinski definition) is 2. The lowest BCUT2D eigenvalue weighted by atomic mass is 9.74. The van der Waals surface area contributed by atoms with E-state index in [-0.39, 0.29) is 26.1 Å². The molecule has 0 aromatic carbocycles. The Balaban J connectivity index is 3.23. The minimum absolute atomic E-state index is 0.0178. The van der Waals surface area contributed by atoms with Crippen molar-refractivity contribution >= 4 is 0 Å². The molecule has 0 unspecified atom stereocenters. The maximum atomic E-state index is 13.2. The Bertz CT molecular complexity index is 286. The number of hydrogen-bond donors (Lipinski definition) is 0. The van der Waals surface area contributed by atoms with E-state index in [4.69, 9.17) is 4.74 Å². The van der Waals surface area contributed by atoms with Crippen molar-refractivity contribution in [3.8, 4) is 0 Å². The second-order valence-electron chi connectivity index (χ2n) is 5.86. The van der Waals surface area contributed by atoms with Crippen LogP contribution in [0.5, 0.6) is 0 Å². The van der Waals surface area contributed by atoms with Crippen LogP contribution in [0.15, 0.2) is 0 Å². The van der Waals surface area contributed by atoms with Crippen molar-refractivity contribution in [1.82, 2.24) is 0 Å². The van der Waals surface area contributed by atoms with Crippen LogP contribution >= 0.6 is 0 Å². The first-order chi connectivity index (χ1) is 8.83. The predicted octanol–water partition coefficient (Wildman–Crippen LogP) is 4.09. The van der Waals surface area contributed by atoms with Gasteiger partial charge in [0.1, 0.15) is 0 Å². The molecule has 2 nitrogen and oxygen atoms in total. The van der Waals surface area contributed by atoms with Crippen LogP contribution in [0.25, 0.3) is 0 Å². The third-order valence-electron chi connectivity index (χ3n) is 3.37. The molecule has 0 aliphatic carbocycles. The van der Waals surface area contributed by atoms with Crippen LogP contribution in [0.2, 0.25) is 0 Å². The molecule has 0 atom stereocenters. The second kappa shape index (κ2) is 5.36. The molecule has 0 saturated carbocycles. The fraction of sp³-hybridized carbons (Fsp3) is 1.00. The summed E-state index contributed by atoms with van der Waals surface area (Å²) in [7, 11) is 0. The summed E-state index contributed by atoms with van der Waals surface area (Å²) in [6.07, 6.45) is -12.2. The van der Waals surface area contributed by atoms with Crippen LogP contribution in [0.1, 0.15) is 33.6 Å². The molecule has 1 fully saturated rings. The molecule has 8 heteroatoms. The Hall–Kier alpha value is -0.500. The molecular formula is C12H18F6O2. The second-order valence-corrected chi connectivity index (χ2v) is 5.86. The lowest BCUT2D eigenvalue weighted by molar-refractivity contribution is -0.420. The van der Waals surface area contributed by atoms with Gasteiger partial charge in [-0.25, -0.2) is 0 Å². The standard InChI is InChI=1S/C12H18F6O2/c1-9(2,3)10(11(13,14)15,12(16,17)18)20-8-4-6-19-7-5-8/h8H,4-7H2,1-3H3. The maximum absolute atomic E-state index is 13.2. The molecule has 1 rings (SSSR count).